The van der Waals surface area contributed by atoms with E-state index < -0.39 is 0 Å². The van der Waals surface area contributed by atoms with Gasteiger partial charge in [-0.2, -0.15) is 5.10 Å². The molecular weight excluding hydrogens is 190 g/mol. The number of nitrogens with zero attached hydrogens (tertiary/aromatic N) is 3. The van der Waals surface area contributed by atoms with Crippen LogP contribution in [0.4, 0.5) is 0 Å². The number of aromatic nitrogens is 2. The molecule has 5 heteroatoms. The molecule has 1 unspecified atom stereocenters. The Balaban J connectivity index is 2.65. The molecule has 1 aromatic rings. The van der Waals surface area contributed by atoms with Crippen molar-refractivity contribution in [1.82, 2.24) is 20.1 Å². The molecule has 0 aliphatic rings. The first kappa shape index (κ1) is 12.2. The number of rotatable bonds is 6. The summed E-state index contributed by atoms with van der Waals surface area (Å²) in [6.07, 6.45) is 5.02. The molecule has 1 atom stereocenters. The zero-order valence-corrected chi connectivity index (χ0v) is 9.77. The van der Waals surface area contributed by atoms with E-state index in [-0.39, 0.29) is 6.04 Å². The lowest BCUT2D eigenvalue weighted by molar-refractivity contribution is 0.344. The highest BCUT2D eigenvalue weighted by Crippen LogP contribution is 2.11. The molecule has 0 saturated heterocycles. The first-order valence-electron chi connectivity index (χ1n) is 5.30. The quantitative estimate of drug-likeness (QED) is 0.527. The SMILES string of the molecule is CCCn1cc(C(CN(C)C)NN)cn1. The van der Waals surface area contributed by atoms with Gasteiger partial charge in [0.15, 0.2) is 0 Å². The lowest BCUT2D eigenvalue weighted by Crippen LogP contribution is -2.35. The van der Waals surface area contributed by atoms with E-state index in [1.54, 1.807) is 0 Å². The number of nitrogens with two attached hydrogens (primary N) is 1. The average Bonchev–Trinajstić information content (AvgIpc) is 2.63. The molecule has 0 aliphatic carbocycles. The van der Waals surface area contributed by atoms with Crippen LogP contribution in [0.15, 0.2) is 12.4 Å². The summed E-state index contributed by atoms with van der Waals surface area (Å²) in [4.78, 5) is 2.10. The standard InChI is InChI=1S/C10H21N5/c1-4-5-15-7-9(6-12-15)10(13-11)8-14(2)3/h6-7,10,13H,4-5,8,11H2,1-3H3. The van der Waals surface area contributed by atoms with Gasteiger partial charge < -0.3 is 4.90 Å². The van der Waals surface area contributed by atoms with Gasteiger partial charge >= 0.3 is 0 Å². The van der Waals surface area contributed by atoms with Gasteiger partial charge in [-0.15, -0.1) is 0 Å². The van der Waals surface area contributed by atoms with Crippen LogP contribution in [-0.2, 0) is 6.54 Å². The topological polar surface area (TPSA) is 59.1 Å². The fraction of sp³-hybridized carbons (Fsp3) is 0.700. The summed E-state index contributed by atoms with van der Waals surface area (Å²) in [7, 11) is 4.06. The second-order valence-electron chi connectivity index (χ2n) is 4.02. The van der Waals surface area contributed by atoms with Gasteiger partial charge in [-0.05, 0) is 20.5 Å². The number of likely N-dealkylation sites (N-methyl/N-ethyl adjacent to an activating group) is 1. The number of aryl methyl sites for hydroxylation is 1. The number of hydrogen-bond donors (Lipinski definition) is 2. The van der Waals surface area contributed by atoms with E-state index in [4.69, 9.17) is 5.84 Å². The van der Waals surface area contributed by atoms with Crippen LogP contribution in [0.3, 0.4) is 0 Å². The smallest absolute Gasteiger partial charge is 0.0617 e. The minimum atomic E-state index is 0.144. The summed E-state index contributed by atoms with van der Waals surface area (Å²) in [5.74, 6) is 5.52. The van der Waals surface area contributed by atoms with Gasteiger partial charge in [-0.25, -0.2) is 0 Å². The van der Waals surface area contributed by atoms with E-state index in [0.717, 1.165) is 25.1 Å². The van der Waals surface area contributed by atoms with Gasteiger partial charge in [0.1, 0.15) is 0 Å². The third kappa shape index (κ3) is 3.62. The Kier molecular flexibility index (Phi) is 4.74. The van der Waals surface area contributed by atoms with Crippen LogP contribution in [0.25, 0.3) is 0 Å². The summed E-state index contributed by atoms with van der Waals surface area (Å²) in [5, 5.41) is 4.28. The molecule has 0 aromatic carbocycles. The summed E-state index contributed by atoms with van der Waals surface area (Å²) >= 11 is 0. The van der Waals surface area contributed by atoms with Crippen LogP contribution >= 0.6 is 0 Å². The van der Waals surface area contributed by atoms with Crippen LogP contribution in [0.2, 0.25) is 0 Å². The first-order valence-corrected chi connectivity index (χ1v) is 5.30. The average molecular weight is 211 g/mol. The summed E-state index contributed by atoms with van der Waals surface area (Å²) in [6.45, 7) is 3.97. The van der Waals surface area contributed by atoms with E-state index in [1.165, 1.54) is 0 Å². The third-order valence-electron chi connectivity index (χ3n) is 2.26. The fourth-order valence-corrected chi connectivity index (χ4v) is 1.53. The molecule has 15 heavy (non-hydrogen) atoms. The molecule has 5 nitrogen and oxygen atoms in total. The highest BCUT2D eigenvalue weighted by Gasteiger charge is 2.12. The lowest BCUT2D eigenvalue weighted by Gasteiger charge is -2.18. The maximum absolute atomic E-state index is 5.52. The Morgan fingerprint density at radius 2 is 2.33 bits per heavy atom. The fourth-order valence-electron chi connectivity index (χ4n) is 1.53. The number of hydrogen-bond acceptors (Lipinski definition) is 4. The van der Waals surface area contributed by atoms with Gasteiger partial charge in [0.2, 0.25) is 0 Å². The van der Waals surface area contributed by atoms with Crippen molar-refractivity contribution in [2.24, 2.45) is 5.84 Å². The van der Waals surface area contributed by atoms with E-state index >= 15 is 0 Å². The second kappa shape index (κ2) is 5.85. The predicted molar refractivity (Wildman–Crippen MR) is 61.1 cm³/mol. The zero-order chi connectivity index (χ0) is 11.3. The normalized spacial score (nSPS) is 13.4. The molecule has 0 spiro atoms. The van der Waals surface area contributed by atoms with Gasteiger partial charge in [-0.1, -0.05) is 6.92 Å². The van der Waals surface area contributed by atoms with E-state index in [0.29, 0.717) is 0 Å². The van der Waals surface area contributed by atoms with Crippen LogP contribution < -0.4 is 11.3 Å². The first-order chi connectivity index (χ1) is 7.17. The monoisotopic (exact) mass is 211 g/mol. The Morgan fingerprint density at radius 1 is 1.60 bits per heavy atom. The van der Waals surface area contributed by atoms with Crippen molar-refractivity contribution in [3.63, 3.8) is 0 Å². The highest BCUT2D eigenvalue weighted by atomic mass is 15.3. The summed E-state index contributed by atoms with van der Waals surface area (Å²) in [5.41, 5.74) is 3.95. The maximum Gasteiger partial charge on any atom is 0.0617 e. The molecule has 0 amide bonds. The predicted octanol–water partition coefficient (Wildman–Crippen LogP) is 0.359. The minimum Gasteiger partial charge on any atom is -0.307 e. The second-order valence-corrected chi connectivity index (χ2v) is 4.02. The molecular formula is C10H21N5. The van der Waals surface area contributed by atoms with Crippen LogP contribution in [-0.4, -0.2) is 35.3 Å². The van der Waals surface area contributed by atoms with Crippen molar-refractivity contribution in [3.8, 4) is 0 Å². The van der Waals surface area contributed by atoms with Crippen molar-refractivity contribution in [2.75, 3.05) is 20.6 Å². The largest absolute Gasteiger partial charge is 0.307 e. The highest BCUT2D eigenvalue weighted by molar-refractivity contribution is 5.10. The van der Waals surface area contributed by atoms with E-state index in [2.05, 4.69) is 28.5 Å². The van der Waals surface area contributed by atoms with Gasteiger partial charge in [0, 0.05) is 24.8 Å². The van der Waals surface area contributed by atoms with Crippen LogP contribution in [0.5, 0.6) is 0 Å². The third-order valence-corrected chi connectivity index (χ3v) is 2.26. The molecule has 0 fully saturated rings. The van der Waals surface area contributed by atoms with Crippen LogP contribution in [0.1, 0.15) is 24.9 Å². The Hall–Kier alpha value is -0.910. The lowest BCUT2D eigenvalue weighted by atomic mass is 10.1. The molecule has 86 valence electrons. The van der Waals surface area contributed by atoms with Crippen molar-refractivity contribution < 1.29 is 0 Å². The van der Waals surface area contributed by atoms with Crippen molar-refractivity contribution in [1.29, 1.82) is 0 Å². The molecule has 1 rings (SSSR count). The number of hydrazine groups is 1. The van der Waals surface area contributed by atoms with Gasteiger partial charge in [-0.3, -0.25) is 16.0 Å². The Labute approximate surface area is 91.2 Å². The van der Waals surface area contributed by atoms with Gasteiger partial charge in [0.05, 0.1) is 12.2 Å². The molecule has 0 bridgehead atoms. The van der Waals surface area contributed by atoms with Crippen molar-refractivity contribution >= 4 is 0 Å². The molecule has 1 heterocycles. The van der Waals surface area contributed by atoms with Crippen molar-refractivity contribution in [2.45, 2.75) is 25.9 Å². The molecule has 3 N–H and O–H groups in total. The zero-order valence-electron chi connectivity index (χ0n) is 9.77. The Morgan fingerprint density at radius 3 is 2.87 bits per heavy atom. The Bertz CT molecular complexity index is 281. The molecule has 0 radical (unpaired) electrons. The van der Waals surface area contributed by atoms with Crippen molar-refractivity contribution in [3.05, 3.63) is 18.0 Å². The summed E-state index contributed by atoms with van der Waals surface area (Å²) < 4.78 is 1.95. The van der Waals surface area contributed by atoms with E-state index in [9.17, 15) is 0 Å². The molecule has 0 aliphatic heterocycles. The maximum atomic E-state index is 5.52. The number of nitrogens with one attached hydrogen (secondary N) is 1. The molecule has 1 aromatic heterocycles. The minimum absolute atomic E-state index is 0.144. The summed E-state index contributed by atoms with van der Waals surface area (Å²) in [6, 6.07) is 0.144. The van der Waals surface area contributed by atoms with Gasteiger partial charge in [0.25, 0.3) is 0 Å². The molecule has 0 saturated carbocycles. The van der Waals surface area contributed by atoms with E-state index in [1.807, 2.05) is 25.0 Å². The van der Waals surface area contributed by atoms with Crippen LogP contribution in [0, 0.1) is 0 Å².